The van der Waals surface area contributed by atoms with E-state index in [0.717, 1.165) is 18.8 Å². The third-order valence-corrected chi connectivity index (χ3v) is 3.88. The average molecular weight is 279 g/mol. The second kappa shape index (κ2) is 7.45. The van der Waals surface area contributed by atoms with Crippen LogP contribution in [0.4, 0.5) is 0 Å². The summed E-state index contributed by atoms with van der Waals surface area (Å²) in [4.78, 5) is 14.4. The molecular formula is C15H25N3O2. The van der Waals surface area contributed by atoms with Crippen LogP contribution in [-0.4, -0.2) is 44.0 Å². The van der Waals surface area contributed by atoms with Crippen molar-refractivity contribution in [3.05, 3.63) is 24.2 Å². The fourth-order valence-corrected chi connectivity index (χ4v) is 2.71. The lowest BCUT2D eigenvalue weighted by molar-refractivity contribution is -0.124. The zero-order valence-corrected chi connectivity index (χ0v) is 12.4. The molecule has 2 unspecified atom stereocenters. The zero-order valence-electron chi connectivity index (χ0n) is 12.4. The van der Waals surface area contributed by atoms with Gasteiger partial charge in [-0.3, -0.25) is 9.69 Å². The number of carbonyl (C=O) groups excluding carboxylic acids is 1. The zero-order chi connectivity index (χ0) is 14.4. The van der Waals surface area contributed by atoms with Gasteiger partial charge in [-0.25, -0.2) is 0 Å². The second-order valence-corrected chi connectivity index (χ2v) is 5.48. The van der Waals surface area contributed by atoms with Gasteiger partial charge in [-0.2, -0.15) is 0 Å². The summed E-state index contributed by atoms with van der Waals surface area (Å²) < 4.78 is 5.54. The molecule has 2 atom stereocenters. The van der Waals surface area contributed by atoms with Gasteiger partial charge in [0.15, 0.2) is 0 Å². The van der Waals surface area contributed by atoms with E-state index in [2.05, 4.69) is 15.5 Å². The van der Waals surface area contributed by atoms with Gasteiger partial charge in [0, 0.05) is 19.0 Å². The molecule has 1 aromatic heterocycles. The van der Waals surface area contributed by atoms with Crippen LogP contribution in [0.1, 0.15) is 31.6 Å². The number of furan rings is 1. The van der Waals surface area contributed by atoms with Crippen LogP contribution in [-0.2, 0) is 4.79 Å². The number of hydrogen-bond acceptors (Lipinski definition) is 4. The van der Waals surface area contributed by atoms with Crippen LogP contribution in [0.5, 0.6) is 0 Å². The first kappa shape index (κ1) is 15.1. The lowest BCUT2D eigenvalue weighted by Gasteiger charge is -2.26. The Balaban J connectivity index is 1.93. The Hall–Kier alpha value is -1.33. The summed E-state index contributed by atoms with van der Waals surface area (Å²) in [6.07, 6.45) is 4.15. The van der Waals surface area contributed by atoms with Crippen molar-refractivity contribution in [1.29, 1.82) is 0 Å². The van der Waals surface area contributed by atoms with Gasteiger partial charge in [-0.05, 0) is 45.1 Å². The molecule has 5 nitrogen and oxygen atoms in total. The molecule has 1 saturated heterocycles. The van der Waals surface area contributed by atoms with Crippen LogP contribution in [0.15, 0.2) is 22.8 Å². The van der Waals surface area contributed by atoms with E-state index in [-0.39, 0.29) is 17.9 Å². The highest BCUT2D eigenvalue weighted by Crippen LogP contribution is 2.24. The monoisotopic (exact) mass is 279 g/mol. The number of likely N-dealkylation sites (tertiary alicyclic amines) is 1. The number of rotatable bonds is 7. The maximum Gasteiger partial charge on any atom is 0.224 e. The average Bonchev–Trinajstić information content (AvgIpc) is 3.12. The fourth-order valence-electron chi connectivity index (χ4n) is 2.71. The molecular weight excluding hydrogens is 254 g/mol. The first-order chi connectivity index (χ1) is 9.72. The van der Waals surface area contributed by atoms with Crippen molar-refractivity contribution in [3.63, 3.8) is 0 Å². The fraction of sp³-hybridized carbons (Fsp3) is 0.667. The molecule has 0 aliphatic carbocycles. The Morgan fingerprint density at radius 1 is 1.40 bits per heavy atom. The normalized spacial score (nSPS) is 18.9. The lowest BCUT2D eigenvalue weighted by Crippen LogP contribution is -2.40. The van der Waals surface area contributed by atoms with Crippen LogP contribution in [0.2, 0.25) is 0 Å². The molecule has 0 saturated carbocycles. The molecule has 2 heterocycles. The first-order valence-electron chi connectivity index (χ1n) is 7.42. The molecule has 1 aliphatic rings. The minimum absolute atomic E-state index is 0.0178. The summed E-state index contributed by atoms with van der Waals surface area (Å²) in [6.45, 7) is 5.39. The predicted molar refractivity (Wildman–Crippen MR) is 78.4 cm³/mol. The van der Waals surface area contributed by atoms with Gasteiger partial charge in [-0.15, -0.1) is 0 Å². The largest absolute Gasteiger partial charge is 0.468 e. The summed E-state index contributed by atoms with van der Waals surface area (Å²) in [7, 11) is 1.86. The topological polar surface area (TPSA) is 57.5 Å². The van der Waals surface area contributed by atoms with Crippen LogP contribution in [0.3, 0.4) is 0 Å². The molecule has 1 amide bonds. The molecule has 20 heavy (non-hydrogen) atoms. The van der Waals surface area contributed by atoms with E-state index in [1.165, 1.54) is 12.8 Å². The van der Waals surface area contributed by atoms with Gasteiger partial charge in [0.2, 0.25) is 5.91 Å². The van der Waals surface area contributed by atoms with Gasteiger partial charge in [0.05, 0.1) is 12.3 Å². The van der Waals surface area contributed by atoms with E-state index < -0.39 is 0 Å². The van der Waals surface area contributed by atoms with Crippen LogP contribution in [0, 0.1) is 5.92 Å². The third kappa shape index (κ3) is 3.84. The molecule has 2 N–H and O–H groups in total. The summed E-state index contributed by atoms with van der Waals surface area (Å²) in [5, 5.41) is 6.08. The number of hydrogen-bond donors (Lipinski definition) is 2. The third-order valence-electron chi connectivity index (χ3n) is 3.88. The van der Waals surface area contributed by atoms with Crippen molar-refractivity contribution >= 4 is 5.91 Å². The number of carbonyl (C=O) groups is 1. The van der Waals surface area contributed by atoms with Gasteiger partial charge in [0.25, 0.3) is 0 Å². The highest BCUT2D eigenvalue weighted by Gasteiger charge is 2.26. The Morgan fingerprint density at radius 2 is 2.15 bits per heavy atom. The maximum absolute atomic E-state index is 12.0. The minimum Gasteiger partial charge on any atom is -0.468 e. The second-order valence-electron chi connectivity index (χ2n) is 5.48. The number of nitrogens with zero attached hydrogens (tertiary/aromatic N) is 1. The van der Waals surface area contributed by atoms with Gasteiger partial charge in [-0.1, -0.05) is 6.92 Å². The molecule has 1 aliphatic heterocycles. The molecule has 0 radical (unpaired) electrons. The smallest absolute Gasteiger partial charge is 0.224 e. The van der Waals surface area contributed by atoms with Crippen molar-refractivity contribution < 1.29 is 9.21 Å². The molecule has 5 heteroatoms. The molecule has 0 aromatic carbocycles. The molecule has 0 bridgehead atoms. The Labute approximate surface area is 120 Å². The van der Waals surface area contributed by atoms with Crippen molar-refractivity contribution in [2.45, 2.75) is 25.8 Å². The Bertz CT molecular complexity index is 399. The van der Waals surface area contributed by atoms with Crippen molar-refractivity contribution in [2.75, 3.05) is 33.2 Å². The van der Waals surface area contributed by atoms with E-state index >= 15 is 0 Å². The van der Waals surface area contributed by atoms with E-state index in [1.54, 1.807) is 6.26 Å². The molecule has 112 valence electrons. The number of amides is 1. The summed E-state index contributed by atoms with van der Waals surface area (Å²) >= 11 is 0. The van der Waals surface area contributed by atoms with Crippen LogP contribution >= 0.6 is 0 Å². The molecule has 1 fully saturated rings. The van der Waals surface area contributed by atoms with Crippen molar-refractivity contribution in [2.24, 2.45) is 5.92 Å². The quantitative estimate of drug-likeness (QED) is 0.792. The highest BCUT2D eigenvalue weighted by molar-refractivity contribution is 5.78. The van der Waals surface area contributed by atoms with Gasteiger partial charge >= 0.3 is 0 Å². The van der Waals surface area contributed by atoms with Gasteiger partial charge < -0.3 is 15.1 Å². The number of nitrogens with one attached hydrogen (secondary N) is 2. The molecule has 0 spiro atoms. The van der Waals surface area contributed by atoms with E-state index in [1.807, 2.05) is 26.1 Å². The Morgan fingerprint density at radius 3 is 2.75 bits per heavy atom. The molecule has 2 rings (SSSR count). The van der Waals surface area contributed by atoms with E-state index in [4.69, 9.17) is 4.42 Å². The SMILES string of the molecule is CNCC(C)C(=O)NCC(c1ccco1)N1CCCC1. The van der Waals surface area contributed by atoms with Crippen molar-refractivity contribution in [1.82, 2.24) is 15.5 Å². The molecule has 1 aromatic rings. The van der Waals surface area contributed by atoms with Crippen LogP contribution < -0.4 is 10.6 Å². The standard InChI is InChI=1S/C15H25N3O2/c1-12(10-16-2)15(19)17-11-13(14-6-5-9-20-14)18-7-3-4-8-18/h5-6,9,12-13,16H,3-4,7-8,10-11H2,1-2H3,(H,17,19). The summed E-state index contributed by atoms with van der Waals surface area (Å²) in [5.41, 5.74) is 0. The summed E-state index contributed by atoms with van der Waals surface area (Å²) in [6, 6.07) is 4.05. The Kier molecular flexibility index (Phi) is 5.61. The minimum atomic E-state index is -0.0178. The van der Waals surface area contributed by atoms with Crippen molar-refractivity contribution in [3.8, 4) is 0 Å². The van der Waals surface area contributed by atoms with E-state index in [0.29, 0.717) is 13.1 Å². The highest BCUT2D eigenvalue weighted by atomic mass is 16.3. The van der Waals surface area contributed by atoms with Gasteiger partial charge in [0.1, 0.15) is 5.76 Å². The van der Waals surface area contributed by atoms with E-state index in [9.17, 15) is 4.79 Å². The first-order valence-corrected chi connectivity index (χ1v) is 7.42. The summed E-state index contributed by atoms with van der Waals surface area (Å²) in [5.74, 6) is 1.01. The maximum atomic E-state index is 12.0. The lowest BCUT2D eigenvalue weighted by atomic mass is 10.1. The van der Waals surface area contributed by atoms with Crippen LogP contribution in [0.25, 0.3) is 0 Å². The predicted octanol–water partition coefficient (Wildman–Crippen LogP) is 1.39.